The minimum absolute atomic E-state index is 0.0567. The molecule has 2 rings (SSSR count). The van der Waals surface area contributed by atoms with Crippen LogP contribution in [0.15, 0.2) is 6.20 Å². The molecule has 0 amide bonds. The lowest BCUT2D eigenvalue weighted by Gasteiger charge is -2.09. The number of alkyl halides is 2. The van der Waals surface area contributed by atoms with Gasteiger partial charge in [-0.05, 0) is 6.92 Å². The number of nitrogen functional groups attached to an aromatic ring is 1. The summed E-state index contributed by atoms with van der Waals surface area (Å²) in [7, 11) is 0. The molecule has 1 aromatic rings. The Morgan fingerprint density at radius 3 is 2.57 bits per heavy atom. The second-order valence-electron chi connectivity index (χ2n) is 4.31. The zero-order chi connectivity index (χ0) is 10.6. The van der Waals surface area contributed by atoms with Crippen LogP contribution in [0.4, 0.5) is 14.5 Å². The van der Waals surface area contributed by atoms with Crippen molar-refractivity contribution in [1.29, 1.82) is 0 Å². The van der Waals surface area contributed by atoms with Crippen molar-refractivity contribution in [3.8, 4) is 0 Å². The number of halogens is 2. The highest BCUT2D eigenvalue weighted by atomic mass is 19.3. The fourth-order valence-corrected chi connectivity index (χ4v) is 1.59. The topological polar surface area (TPSA) is 43.8 Å². The van der Waals surface area contributed by atoms with Crippen molar-refractivity contribution in [3.63, 3.8) is 0 Å². The van der Waals surface area contributed by atoms with E-state index in [9.17, 15) is 8.78 Å². The highest BCUT2D eigenvalue weighted by molar-refractivity contribution is 5.39. The molecule has 1 aliphatic carbocycles. The molecule has 1 heterocycles. The first-order valence-corrected chi connectivity index (χ1v) is 4.51. The van der Waals surface area contributed by atoms with Gasteiger partial charge in [-0.3, -0.25) is 4.68 Å². The largest absolute Gasteiger partial charge is 0.396 e. The molecule has 1 aliphatic rings. The lowest BCUT2D eigenvalue weighted by Crippen LogP contribution is -2.15. The van der Waals surface area contributed by atoms with E-state index < -0.39 is 11.3 Å². The van der Waals surface area contributed by atoms with Gasteiger partial charge in [-0.2, -0.15) is 5.10 Å². The Kier molecular flexibility index (Phi) is 1.66. The van der Waals surface area contributed by atoms with Crippen LogP contribution in [0.5, 0.6) is 0 Å². The van der Waals surface area contributed by atoms with Gasteiger partial charge in [-0.15, -0.1) is 0 Å². The van der Waals surface area contributed by atoms with Crippen LogP contribution in [-0.2, 0) is 6.54 Å². The Morgan fingerprint density at radius 2 is 2.21 bits per heavy atom. The first kappa shape index (κ1) is 9.43. The molecule has 0 spiro atoms. The van der Waals surface area contributed by atoms with Gasteiger partial charge < -0.3 is 5.73 Å². The average Bonchev–Trinajstić information content (AvgIpc) is 2.29. The summed E-state index contributed by atoms with van der Waals surface area (Å²) in [5, 5.41) is 4.06. The van der Waals surface area contributed by atoms with E-state index in [4.69, 9.17) is 5.73 Å². The van der Waals surface area contributed by atoms with E-state index in [0.717, 1.165) is 0 Å². The predicted molar refractivity (Wildman–Crippen MR) is 49.0 cm³/mol. The minimum atomic E-state index is -2.54. The van der Waals surface area contributed by atoms with Crippen LogP contribution in [0.3, 0.4) is 0 Å². The quantitative estimate of drug-likeness (QED) is 0.793. The molecule has 1 fully saturated rings. The van der Waals surface area contributed by atoms with Gasteiger partial charge >= 0.3 is 0 Å². The van der Waals surface area contributed by atoms with Gasteiger partial charge in [-0.1, -0.05) is 6.92 Å². The molecule has 14 heavy (non-hydrogen) atoms. The summed E-state index contributed by atoms with van der Waals surface area (Å²) < 4.78 is 27.3. The molecule has 0 aromatic carbocycles. The molecule has 0 aliphatic heterocycles. The summed E-state index contributed by atoms with van der Waals surface area (Å²) >= 11 is 0. The molecule has 1 unspecified atom stereocenters. The third-order valence-corrected chi connectivity index (χ3v) is 2.87. The number of nitrogens with zero attached hydrogens (tertiary/aromatic N) is 2. The van der Waals surface area contributed by atoms with Crippen LogP contribution in [0.25, 0.3) is 0 Å². The molecule has 1 aromatic heterocycles. The van der Waals surface area contributed by atoms with Crippen molar-refractivity contribution in [2.75, 3.05) is 5.73 Å². The van der Waals surface area contributed by atoms with Crippen molar-refractivity contribution in [2.45, 2.75) is 32.7 Å². The Morgan fingerprint density at radius 1 is 1.64 bits per heavy atom. The average molecular weight is 201 g/mol. The van der Waals surface area contributed by atoms with Crippen molar-refractivity contribution < 1.29 is 8.78 Å². The number of aromatic nitrogens is 2. The van der Waals surface area contributed by atoms with Gasteiger partial charge in [0, 0.05) is 12.6 Å². The lowest BCUT2D eigenvalue weighted by molar-refractivity contribution is 0.0623. The second kappa shape index (κ2) is 2.46. The lowest BCUT2D eigenvalue weighted by atomic mass is 10.1. The van der Waals surface area contributed by atoms with Crippen LogP contribution in [0.1, 0.15) is 19.0 Å². The summed E-state index contributed by atoms with van der Waals surface area (Å²) in [6.45, 7) is 3.57. The maximum absolute atomic E-state index is 12.9. The molecule has 0 saturated heterocycles. The Bertz CT molecular complexity index is 353. The molecular formula is C9H13F2N3. The van der Waals surface area contributed by atoms with Crippen molar-refractivity contribution in [2.24, 2.45) is 5.41 Å². The van der Waals surface area contributed by atoms with Gasteiger partial charge in [-0.25, -0.2) is 8.78 Å². The zero-order valence-electron chi connectivity index (χ0n) is 8.22. The number of nitrogens with two attached hydrogens (primary N) is 1. The molecule has 2 N–H and O–H groups in total. The monoisotopic (exact) mass is 201 g/mol. The molecule has 1 atom stereocenters. The third kappa shape index (κ3) is 1.27. The third-order valence-electron chi connectivity index (χ3n) is 2.87. The standard InChI is InChI=1S/C9H13F2N3/c1-6-7(12)3-14(13-6)5-8(2)4-9(8,10)11/h3H,4-5,12H2,1-2H3. The minimum Gasteiger partial charge on any atom is -0.396 e. The van der Waals surface area contributed by atoms with Gasteiger partial charge in [0.1, 0.15) is 0 Å². The van der Waals surface area contributed by atoms with Crippen LogP contribution >= 0.6 is 0 Å². The van der Waals surface area contributed by atoms with Crippen LogP contribution in [0, 0.1) is 12.3 Å². The molecule has 0 radical (unpaired) electrons. The van der Waals surface area contributed by atoms with Gasteiger partial charge in [0.05, 0.1) is 23.3 Å². The Balaban J connectivity index is 2.13. The van der Waals surface area contributed by atoms with E-state index in [1.807, 2.05) is 0 Å². The molecular weight excluding hydrogens is 188 g/mol. The van der Waals surface area contributed by atoms with E-state index in [1.54, 1.807) is 20.0 Å². The SMILES string of the molecule is Cc1nn(CC2(C)CC2(F)F)cc1N. The zero-order valence-corrected chi connectivity index (χ0v) is 8.22. The van der Waals surface area contributed by atoms with Crippen molar-refractivity contribution in [1.82, 2.24) is 9.78 Å². The van der Waals surface area contributed by atoms with E-state index in [-0.39, 0.29) is 13.0 Å². The molecule has 0 bridgehead atoms. The van der Waals surface area contributed by atoms with E-state index in [2.05, 4.69) is 5.10 Å². The Hall–Kier alpha value is -1.13. The maximum atomic E-state index is 12.9. The van der Waals surface area contributed by atoms with E-state index in [1.165, 1.54) is 4.68 Å². The second-order valence-corrected chi connectivity index (χ2v) is 4.31. The van der Waals surface area contributed by atoms with Crippen molar-refractivity contribution >= 4 is 5.69 Å². The number of hydrogen-bond acceptors (Lipinski definition) is 2. The first-order valence-electron chi connectivity index (χ1n) is 4.51. The van der Waals surface area contributed by atoms with Crippen LogP contribution < -0.4 is 5.73 Å². The number of anilines is 1. The number of hydrogen-bond donors (Lipinski definition) is 1. The summed E-state index contributed by atoms with van der Waals surface area (Å²) in [6, 6.07) is 0. The predicted octanol–water partition coefficient (Wildman–Crippen LogP) is 1.82. The summed E-state index contributed by atoms with van der Waals surface area (Å²) in [5.74, 6) is -2.54. The van der Waals surface area contributed by atoms with Crippen LogP contribution in [-0.4, -0.2) is 15.7 Å². The fourth-order valence-electron chi connectivity index (χ4n) is 1.59. The van der Waals surface area contributed by atoms with Gasteiger partial charge in [0.15, 0.2) is 0 Å². The first-order chi connectivity index (χ1) is 6.34. The summed E-state index contributed by atoms with van der Waals surface area (Å²) in [6.07, 6.45) is 1.55. The number of rotatable bonds is 2. The highest BCUT2D eigenvalue weighted by Crippen LogP contribution is 2.61. The highest BCUT2D eigenvalue weighted by Gasteiger charge is 2.67. The molecule has 3 nitrogen and oxygen atoms in total. The van der Waals surface area contributed by atoms with Gasteiger partial charge in [0.2, 0.25) is 0 Å². The molecule has 5 heteroatoms. The molecule has 1 saturated carbocycles. The maximum Gasteiger partial charge on any atom is 0.256 e. The Labute approximate surface area is 80.9 Å². The number of aryl methyl sites for hydroxylation is 1. The summed E-state index contributed by atoms with van der Waals surface area (Å²) in [4.78, 5) is 0. The fraction of sp³-hybridized carbons (Fsp3) is 0.667. The smallest absolute Gasteiger partial charge is 0.256 e. The van der Waals surface area contributed by atoms with Crippen LogP contribution in [0.2, 0.25) is 0 Å². The van der Waals surface area contributed by atoms with E-state index in [0.29, 0.717) is 11.4 Å². The summed E-state index contributed by atoms with van der Waals surface area (Å²) in [5.41, 5.74) is 5.89. The van der Waals surface area contributed by atoms with Crippen molar-refractivity contribution in [3.05, 3.63) is 11.9 Å². The van der Waals surface area contributed by atoms with E-state index >= 15 is 0 Å². The van der Waals surface area contributed by atoms with Gasteiger partial charge in [0.25, 0.3) is 5.92 Å². The molecule has 78 valence electrons. The normalized spacial score (nSPS) is 29.1.